The Morgan fingerprint density at radius 1 is 1.32 bits per heavy atom. The van der Waals surface area contributed by atoms with Crippen molar-refractivity contribution in [2.45, 2.75) is 45.4 Å². The molecule has 2 rings (SSSR count). The lowest BCUT2D eigenvalue weighted by Crippen LogP contribution is -2.41. The lowest BCUT2D eigenvalue weighted by Gasteiger charge is -2.32. The Hall–Kier alpha value is -0.915. The summed E-state index contributed by atoms with van der Waals surface area (Å²) in [5.41, 5.74) is -0.646. The maximum absolute atomic E-state index is 14.2. The van der Waals surface area contributed by atoms with E-state index in [0.29, 0.717) is 18.6 Å². The van der Waals surface area contributed by atoms with Crippen LogP contribution in [0.2, 0.25) is 0 Å². The lowest BCUT2D eigenvalue weighted by molar-refractivity contribution is 0.00578. The van der Waals surface area contributed by atoms with E-state index in [9.17, 15) is 4.39 Å². The average Bonchev–Trinajstić information content (AvgIpc) is 2.75. The van der Waals surface area contributed by atoms with E-state index in [1.807, 2.05) is 27.7 Å². The van der Waals surface area contributed by atoms with Crippen LogP contribution < -0.4 is 5.46 Å². The summed E-state index contributed by atoms with van der Waals surface area (Å²) in [5, 5.41) is 4.00. The van der Waals surface area contributed by atoms with Crippen LogP contribution in [0.3, 0.4) is 0 Å². The molecule has 0 unspecified atom stereocenters. The molecule has 1 aliphatic rings. The fraction of sp³-hybridized carbons (Fsp3) is 0.750. The summed E-state index contributed by atoms with van der Waals surface area (Å²) in [4.78, 5) is 0. The van der Waals surface area contributed by atoms with Crippen LogP contribution in [0.15, 0.2) is 6.20 Å². The SMILES string of the molecule is COCCn1ncc(B2OC(C)(C)C(C)(C)O2)c1F. The minimum Gasteiger partial charge on any atom is -0.399 e. The topological polar surface area (TPSA) is 45.5 Å². The Labute approximate surface area is 113 Å². The molecule has 0 radical (unpaired) electrons. The number of rotatable bonds is 4. The molecular formula is C12H20BFN2O3. The van der Waals surface area contributed by atoms with Gasteiger partial charge in [-0.15, -0.1) is 0 Å². The second kappa shape index (κ2) is 4.88. The van der Waals surface area contributed by atoms with E-state index in [2.05, 4.69) is 5.10 Å². The zero-order valence-corrected chi connectivity index (χ0v) is 12.1. The van der Waals surface area contributed by atoms with Crippen molar-refractivity contribution in [1.29, 1.82) is 0 Å². The smallest absolute Gasteiger partial charge is 0.399 e. The summed E-state index contributed by atoms with van der Waals surface area (Å²) in [7, 11) is 0.845. The lowest BCUT2D eigenvalue weighted by atomic mass is 9.81. The Bertz CT molecular complexity index is 446. The third kappa shape index (κ3) is 2.54. The van der Waals surface area contributed by atoms with Crippen LogP contribution in [0, 0.1) is 5.95 Å². The first-order valence-corrected chi connectivity index (χ1v) is 6.34. The predicted octanol–water partition coefficient (Wildman–Crippen LogP) is 0.968. The fourth-order valence-electron chi connectivity index (χ4n) is 1.85. The highest BCUT2D eigenvalue weighted by atomic mass is 19.1. The maximum Gasteiger partial charge on any atom is 0.501 e. The Kier molecular flexibility index (Phi) is 3.73. The van der Waals surface area contributed by atoms with Crippen molar-refractivity contribution < 1.29 is 18.4 Å². The Balaban J connectivity index is 2.18. The van der Waals surface area contributed by atoms with Crippen LogP contribution in [0.25, 0.3) is 0 Å². The van der Waals surface area contributed by atoms with Gasteiger partial charge in [-0.3, -0.25) is 0 Å². The van der Waals surface area contributed by atoms with Crippen LogP contribution in [0.4, 0.5) is 4.39 Å². The summed E-state index contributed by atoms with van der Waals surface area (Å²) in [5.74, 6) is -0.435. The molecule has 0 aromatic carbocycles. The van der Waals surface area contributed by atoms with E-state index >= 15 is 0 Å². The van der Waals surface area contributed by atoms with E-state index in [4.69, 9.17) is 14.0 Å². The molecule has 7 heteroatoms. The molecule has 0 amide bonds. The molecule has 2 heterocycles. The quantitative estimate of drug-likeness (QED) is 0.765. The zero-order chi connectivity index (χ0) is 14.3. The van der Waals surface area contributed by atoms with E-state index in [1.54, 1.807) is 7.11 Å². The molecule has 0 bridgehead atoms. The second-order valence-electron chi connectivity index (χ2n) is 5.69. The molecule has 1 saturated heterocycles. The van der Waals surface area contributed by atoms with E-state index in [1.165, 1.54) is 10.9 Å². The molecule has 19 heavy (non-hydrogen) atoms. The highest BCUT2D eigenvalue weighted by molar-refractivity contribution is 6.62. The Morgan fingerprint density at radius 2 is 1.89 bits per heavy atom. The van der Waals surface area contributed by atoms with Gasteiger partial charge < -0.3 is 14.0 Å². The number of aromatic nitrogens is 2. The number of halogens is 1. The number of hydrogen-bond donors (Lipinski definition) is 0. The first kappa shape index (κ1) is 14.5. The van der Waals surface area contributed by atoms with Gasteiger partial charge in [0, 0.05) is 7.11 Å². The maximum atomic E-state index is 14.2. The van der Waals surface area contributed by atoms with Crippen LogP contribution in [0.1, 0.15) is 27.7 Å². The van der Waals surface area contributed by atoms with E-state index in [-0.39, 0.29) is 0 Å². The number of ether oxygens (including phenoxy) is 1. The van der Waals surface area contributed by atoms with Crippen LogP contribution in [0.5, 0.6) is 0 Å². The van der Waals surface area contributed by atoms with Crippen molar-refractivity contribution in [3.63, 3.8) is 0 Å². The van der Waals surface area contributed by atoms with Gasteiger partial charge in [0.1, 0.15) is 0 Å². The summed E-state index contributed by atoms with van der Waals surface area (Å²) >= 11 is 0. The third-order valence-corrected chi connectivity index (χ3v) is 3.82. The third-order valence-electron chi connectivity index (χ3n) is 3.82. The molecule has 1 fully saturated rings. The summed E-state index contributed by atoms with van der Waals surface area (Å²) < 4.78 is 32.0. The van der Waals surface area contributed by atoms with Crippen molar-refractivity contribution in [3.8, 4) is 0 Å². The van der Waals surface area contributed by atoms with Gasteiger partial charge in [-0.2, -0.15) is 9.49 Å². The highest BCUT2D eigenvalue weighted by Crippen LogP contribution is 2.36. The molecule has 0 N–H and O–H groups in total. The number of hydrogen-bond acceptors (Lipinski definition) is 4. The van der Waals surface area contributed by atoms with Crippen molar-refractivity contribution in [1.82, 2.24) is 9.78 Å². The molecule has 0 spiro atoms. The van der Waals surface area contributed by atoms with Gasteiger partial charge in [0.05, 0.1) is 36.0 Å². The molecule has 1 aliphatic heterocycles. The van der Waals surface area contributed by atoms with E-state index < -0.39 is 24.3 Å². The molecular weight excluding hydrogens is 250 g/mol. The van der Waals surface area contributed by atoms with Crippen molar-refractivity contribution in [2.75, 3.05) is 13.7 Å². The largest absolute Gasteiger partial charge is 0.501 e. The first-order chi connectivity index (χ1) is 8.78. The minimum absolute atomic E-state index is 0.328. The monoisotopic (exact) mass is 270 g/mol. The van der Waals surface area contributed by atoms with Gasteiger partial charge in [-0.1, -0.05) is 0 Å². The van der Waals surface area contributed by atoms with Gasteiger partial charge in [0.25, 0.3) is 0 Å². The molecule has 5 nitrogen and oxygen atoms in total. The molecule has 0 saturated carbocycles. The normalized spacial score (nSPS) is 21.1. The predicted molar refractivity (Wildman–Crippen MR) is 69.8 cm³/mol. The van der Waals surface area contributed by atoms with Crippen molar-refractivity contribution in [3.05, 3.63) is 12.1 Å². The first-order valence-electron chi connectivity index (χ1n) is 6.34. The minimum atomic E-state index is -0.721. The van der Waals surface area contributed by atoms with Gasteiger partial charge in [-0.25, -0.2) is 4.68 Å². The molecule has 1 aromatic heterocycles. The van der Waals surface area contributed by atoms with Gasteiger partial charge >= 0.3 is 7.12 Å². The van der Waals surface area contributed by atoms with Crippen LogP contribution in [-0.4, -0.2) is 41.8 Å². The van der Waals surface area contributed by atoms with Crippen molar-refractivity contribution >= 4 is 12.6 Å². The highest BCUT2D eigenvalue weighted by Gasteiger charge is 2.53. The molecule has 1 aromatic rings. The van der Waals surface area contributed by atoms with Gasteiger partial charge in [0.2, 0.25) is 5.95 Å². The van der Waals surface area contributed by atoms with Gasteiger partial charge in [0.15, 0.2) is 0 Å². The Morgan fingerprint density at radius 3 is 2.42 bits per heavy atom. The van der Waals surface area contributed by atoms with Crippen LogP contribution >= 0.6 is 0 Å². The summed E-state index contributed by atoms with van der Waals surface area (Å²) in [6.07, 6.45) is 1.45. The summed E-state index contributed by atoms with van der Waals surface area (Å²) in [6, 6.07) is 0. The fourth-order valence-corrected chi connectivity index (χ4v) is 1.85. The van der Waals surface area contributed by atoms with Crippen molar-refractivity contribution in [2.24, 2.45) is 0 Å². The number of nitrogens with zero attached hydrogens (tertiary/aromatic N) is 2. The standard InChI is InChI=1S/C12H20BFN2O3/c1-11(2)12(3,4)19-13(18-11)9-8-15-16(10(9)14)6-7-17-5/h8H,6-7H2,1-5H3. The van der Waals surface area contributed by atoms with Crippen LogP contribution in [-0.2, 0) is 20.6 Å². The van der Waals surface area contributed by atoms with Gasteiger partial charge in [-0.05, 0) is 27.7 Å². The second-order valence-corrected chi connectivity index (χ2v) is 5.69. The average molecular weight is 270 g/mol. The molecule has 0 aliphatic carbocycles. The molecule has 106 valence electrons. The number of methoxy groups -OCH3 is 1. The summed E-state index contributed by atoms with van der Waals surface area (Å²) in [6.45, 7) is 8.49. The van der Waals surface area contributed by atoms with E-state index in [0.717, 1.165) is 0 Å². The molecule has 0 atom stereocenters. The zero-order valence-electron chi connectivity index (χ0n) is 12.1.